The van der Waals surface area contributed by atoms with E-state index < -0.39 is 6.10 Å². The van der Waals surface area contributed by atoms with Gasteiger partial charge in [0.05, 0.1) is 6.61 Å². The molecule has 0 amide bonds. The maximum atomic E-state index is 12.8. The molecular formula is C17H17FO2. The minimum absolute atomic E-state index is 0.127. The Kier molecular flexibility index (Phi) is 5.02. The molecule has 2 rings (SSSR count). The molecule has 0 aliphatic carbocycles. The molecule has 0 bridgehead atoms. The molecule has 1 unspecified atom stereocenters. The van der Waals surface area contributed by atoms with Crippen LogP contribution < -0.4 is 0 Å². The topological polar surface area (TPSA) is 26.3 Å². The SMILES string of the molecule is CC(OCCc1ccccc1)C(=O)c1ccc(F)cc1. The van der Waals surface area contributed by atoms with Crippen LogP contribution in [0.5, 0.6) is 0 Å². The maximum Gasteiger partial charge on any atom is 0.191 e. The fourth-order valence-corrected chi connectivity index (χ4v) is 1.92. The Morgan fingerprint density at radius 2 is 1.75 bits per heavy atom. The summed E-state index contributed by atoms with van der Waals surface area (Å²) in [7, 11) is 0. The van der Waals surface area contributed by atoms with E-state index in [-0.39, 0.29) is 11.6 Å². The molecule has 0 heterocycles. The molecule has 2 aromatic carbocycles. The van der Waals surface area contributed by atoms with Gasteiger partial charge in [0, 0.05) is 5.56 Å². The molecule has 2 nitrogen and oxygen atoms in total. The lowest BCUT2D eigenvalue weighted by atomic mass is 10.1. The quantitative estimate of drug-likeness (QED) is 0.750. The second-order valence-corrected chi connectivity index (χ2v) is 4.62. The molecule has 0 saturated carbocycles. The lowest BCUT2D eigenvalue weighted by Gasteiger charge is -2.12. The monoisotopic (exact) mass is 272 g/mol. The third-order valence-corrected chi connectivity index (χ3v) is 3.10. The molecule has 0 fully saturated rings. The molecule has 0 spiro atoms. The van der Waals surface area contributed by atoms with Crippen molar-refractivity contribution >= 4 is 5.78 Å². The van der Waals surface area contributed by atoms with E-state index in [0.29, 0.717) is 12.2 Å². The lowest BCUT2D eigenvalue weighted by molar-refractivity contribution is 0.0487. The van der Waals surface area contributed by atoms with Crippen LogP contribution >= 0.6 is 0 Å². The predicted molar refractivity (Wildman–Crippen MR) is 76.3 cm³/mol. The van der Waals surface area contributed by atoms with Gasteiger partial charge in [-0.1, -0.05) is 30.3 Å². The maximum absolute atomic E-state index is 12.8. The first-order chi connectivity index (χ1) is 9.66. The zero-order chi connectivity index (χ0) is 14.4. The Hall–Kier alpha value is -2.00. The van der Waals surface area contributed by atoms with Crippen molar-refractivity contribution in [3.8, 4) is 0 Å². The molecule has 20 heavy (non-hydrogen) atoms. The third kappa shape index (κ3) is 4.00. The van der Waals surface area contributed by atoms with Gasteiger partial charge in [0.2, 0.25) is 0 Å². The first-order valence-electron chi connectivity index (χ1n) is 6.62. The van der Waals surface area contributed by atoms with Crippen molar-refractivity contribution in [3.63, 3.8) is 0 Å². The van der Waals surface area contributed by atoms with Gasteiger partial charge in [0.15, 0.2) is 5.78 Å². The van der Waals surface area contributed by atoms with Crippen LogP contribution in [0.25, 0.3) is 0 Å². The van der Waals surface area contributed by atoms with Crippen molar-refractivity contribution < 1.29 is 13.9 Å². The number of ether oxygens (including phenoxy) is 1. The number of hydrogen-bond donors (Lipinski definition) is 0. The lowest BCUT2D eigenvalue weighted by Crippen LogP contribution is -2.22. The summed E-state index contributed by atoms with van der Waals surface area (Å²) in [5.41, 5.74) is 1.65. The second-order valence-electron chi connectivity index (χ2n) is 4.62. The average Bonchev–Trinajstić information content (AvgIpc) is 2.48. The second kappa shape index (κ2) is 6.96. The van der Waals surface area contributed by atoms with Crippen molar-refractivity contribution in [1.29, 1.82) is 0 Å². The van der Waals surface area contributed by atoms with Crippen LogP contribution in [0.15, 0.2) is 54.6 Å². The summed E-state index contributed by atoms with van der Waals surface area (Å²) in [5.74, 6) is -0.475. The van der Waals surface area contributed by atoms with E-state index in [9.17, 15) is 9.18 Å². The Balaban J connectivity index is 1.84. The van der Waals surface area contributed by atoms with Crippen LogP contribution in [0.3, 0.4) is 0 Å². The first kappa shape index (κ1) is 14.4. The molecule has 0 aliphatic heterocycles. The molecule has 0 N–H and O–H groups in total. The fraction of sp³-hybridized carbons (Fsp3) is 0.235. The molecule has 0 aliphatic rings. The summed E-state index contributed by atoms with van der Waals surface area (Å²) in [4.78, 5) is 12.1. The van der Waals surface area contributed by atoms with E-state index in [0.717, 1.165) is 6.42 Å². The molecule has 3 heteroatoms. The Labute approximate surface area is 118 Å². The molecule has 0 saturated heterocycles. The van der Waals surface area contributed by atoms with Crippen LogP contribution in [0, 0.1) is 5.82 Å². The number of halogens is 1. The summed E-state index contributed by atoms with van der Waals surface area (Å²) in [6, 6.07) is 15.5. The highest BCUT2D eigenvalue weighted by atomic mass is 19.1. The van der Waals surface area contributed by atoms with Crippen molar-refractivity contribution in [2.45, 2.75) is 19.4 Å². The Morgan fingerprint density at radius 3 is 2.40 bits per heavy atom. The van der Waals surface area contributed by atoms with Crippen molar-refractivity contribution in [1.82, 2.24) is 0 Å². The highest BCUT2D eigenvalue weighted by Gasteiger charge is 2.15. The number of rotatable bonds is 6. The van der Waals surface area contributed by atoms with Gasteiger partial charge in [-0.15, -0.1) is 0 Å². The highest BCUT2D eigenvalue weighted by molar-refractivity contribution is 5.99. The smallest absolute Gasteiger partial charge is 0.191 e. The molecule has 104 valence electrons. The molecule has 1 atom stereocenters. The summed E-state index contributed by atoms with van der Waals surface area (Å²) < 4.78 is 18.3. The van der Waals surface area contributed by atoms with Gasteiger partial charge in [0.25, 0.3) is 0 Å². The van der Waals surface area contributed by atoms with Gasteiger partial charge in [0.1, 0.15) is 11.9 Å². The van der Waals surface area contributed by atoms with Gasteiger partial charge < -0.3 is 4.74 Å². The fourth-order valence-electron chi connectivity index (χ4n) is 1.92. The van der Waals surface area contributed by atoms with Crippen LogP contribution in [0.1, 0.15) is 22.8 Å². The summed E-state index contributed by atoms with van der Waals surface area (Å²) >= 11 is 0. The van der Waals surface area contributed by atoms with E-state index >= 15 is 0 Å². The number of ketones is 1. The zero-order valence-electron chi connectivity index (χ0n) is 11.4. The molecular weight excluding hydrogens is 255 g/mol. The minimum atomic E-state index is -0.524. The summed E-state index contributed by atoms with van der Waals surface area (Å²) in [5, 5.41) is 0. The van der Waals surface area contributed by atoms with Gasteiger partial charge in [-0.05, 0) is 43.2 Å². The number of Topliss-reactive ketones (excluding diaryl/α,β-unsaturated/α-hetero) is 1. The summed E-state index contributed by atoms with van der Waals surface area (Å²) in [6.07, 6.45) is 0.242. The molecule has 0 radical (unpaired) electrons. The number of benzene rings is 2. The minimum Gasteiger partial charge on any atom is -0.370 e. The highest BCUT2D eigenvalue weighted by Crippen LogP contribution is 2.09. The zero-order valence-corrected chi connectivity index (χ0v) is 11.4. The van der Waals surface area contributed by atoms with Crippen LogP contribution in [-0.4, -0.2) is 18.5 Å². The third-order valence-electron chi connectivity index (χ3n) is 3.10. The van der Waals surface area contributed by atoms with Crippen LogP contribution in [0.2, 0.25) is 0 Å². The first-order valence-corrected chi connectivity index (χ1v) is 6.62. The average molecular weight is 272 g/mol. The van der Waals surface area contributed by atoms with Crippen LogP contribution in [-0.2, 0) is 11.2 Å². The van der Waals surface area contributed by atoms with Gasteiger partial charge in [-0.2, -0.15) is 0 Å². The van der Waals surface area contributed by atoms with Gasteiger partial charge >= 0.3 is 0 Å². The van der Waals surface area contributed by atoms with E-state index in [1.165, 1.54) is 29.8 Å². The summed E-state index contributed by atoms with van der Waals surface area (Å²) in [6.45, 7) is 2.20. The van der Waals surface area contributed by atoms with Crippen LogP contribution in [0.4, 0.5) is 4.39 Å². The van der Waals surface area contributed by atoms with Crippen molar-refractivity contribution in [2.24, 2.45) is 0 Å². The predicted octanol–water partition coefficient (Wildman–Crippen LogP) is 3.66. The number of carbonyl (C=O) groups excluding carboxylic acids is 1. The molecule has 2 aromatic rings. The van der Waals surface area contributed by atoms with E-state index in [4.69, 9.17) is 4.74 Å². The Bertz CT molecular complexity index is 549. The standard InChI is InChI=1S/C17H17FO2/c1-13(17(19)15-7-9-16(18)10-8-15)20-12-11-14-5-3-2-4-6-14/h2-10,13H,11-12H2,1H3. The van der Waals surface area contributed by atoms with Crippen molar-refractivity contribution in [2.75, 3.05) is 6.61 Å². The van der Waals surface area contributed by atoms with E-state index in [1.54, 1.807) is 6.92 Å². The Morgan fingerprint density at radius 1 is 1.10 bits per heavy atom. The van der Waals surface area contributed by atoms with Gasteiger partial charge in [-0.3, -0.25) is 4.79 Å². The largest absolute Gasteiger partial charge is 0.370 e. The van der Waals surface area contributed by atoms with Crippen molar-refractivity contribution in [3.05, 3.63) is 71.5 Å². The number of carbonyl (C=O) groups is 1. The normalized spacial score (nSPS) is 12.1. The van der Waals surface area contributed by atoms with Gasteiger partial charge in [-0.25, -0.2) is 4.39 Å². The molecule has 0 aromatic heterocycles. The number of hydrogen-bond acceptors (Lipinski definition) is 2. The van der Waals surface area contributed by atoms with E-state index in [2.05, 4.69) is 0 Å². The van der Waals surface area contributed by atoms with E-state index in [1.807, 2.05) is 30.3 Å².